The van der Waals surface area contributed by atoms with Crippen molar-refractivity contribution >= 4 is 5.69 Å². The molecule has 2 rings (SSSR count). The Hall–Kier alpha value is -2.73. The Morgan fingerprint density at radius 1 is 1.16 bits per heavy atom. The third-order valence-corrected chi connectivity index (χ3v) is 3.07. The molecule has 13 heteroatoms. The molecule has 6 nitrogen and oxygen atoms in total. The Morgan fingerprint density at radius 2 is 1.76 bits per heavy atom. The van der Waals surface area contributed by atoms with Crippen LogP contribution in [-0.4, -0.2) is 19.7 Å². The van der Waals surface area contributed by atoms with Crippen LogP contribution in [0.3, 0.4) is 0 Å². The molecule has 2 heterocycles. The molecule has 0 aliphatic rings. The van der Waals surface area contributed by atoms with Crippen molar-refractivity contribution in [3.8, 4) is 0 Å². The van der Waals surface area contributed by atoms with Gasteiger partial charge in [-0.15, -0.1) is 0 Å². The first-order chi connectivity index (χ1) is 11.3. The van der Waals surface area contributed by atoms with Gasteiger partial charge in [0.1, 0.15) is 11.4 Å². The molecule has 0 aliphatic heterocycles. The second kappa shape index (κ2) is 5.97. The molecule has 0 saturated carbocycles. The number of rotatable bonds is 3. The van der Waals surface area contributed by atoms with Crippen molar-refractivity contribution in [3.05, 3.63) is 50.8 Å². The predicted octanol–water partition coefficient (Wildman–Crippen LogP) is 3.72. The summed E-state index contributed by atoms with van der Waals surface area (Å²) in [6, 6.07) is 0.218. The molecule has 0 N–H and O–H groups in total. The molecule has 0 unspecified atom stereocenters. The second-order valence-corrected chi connectivity index (χ2v) is 4.85. The quantitative estimate of drug-likeness (QED) is 0.468. The van der Waals surface area contributed by atoms with Crippen molar-refractivity contribution in [3.63, 3.8) is 0 Å². The van der Waals surface area contributed by atoms with Gasteiger partial charge in [-0.25, -0.2) is 9.37 Å². The minimum atomic E-state index is -5.18. The molecule has 0 radical (unpaired) electrons. The summed E-state index contributed by atoms with van der Waals surface area (Å²) in [6.45, 7) is 0.0194. The van der Waals surface area contributed by atoms with Gasteiger partial charge in [-0.3, -0.25) is 14.8 Å². The summed E-state index contributed by atoms with van der Waals surface area (Å²) in [5.41, 5.74) is -5.30. The topological polar surface area (TPSA) is 73.8 Å². The van der Waals surface area contributed by atoms with E-state index in [0.717, 1.165) is 6.92 Å². The summed E-state index contributed by atoms with van der Waals surface area (Å²) in [4.78, 5) is 13.2. The van der Waals surface area contributed by atoms with E-state index in [1.165, 1.54) is 0 Å². The highest BCUT2D eigenvalue weighted by Crippen LogP contribution is 2.35. The number of nitrogens with zero attached hydrogens (tertiary/aromatic N) is 4. The van der Waals surface area contributed by atoms with Crippen molar-refractivity contribution in [2.75, 3.05) is 0 Å². The first-order valence-corrected chi connectivity index (χ1v) is 6.33. The van der Waals surface area contributed by atoms with Gasteiger partial charge < -0.3 is 0 Å². The smallest absolute Gasteiger partial charge is 0.258 e. The minimum absolute atomic E-state index is 0.0977. The lowest BCUT2D eigenvalue weighted by Gasteiger charge is -2.10. The maximum Gasteiger partial charge on any atom is 0.435 e. The monoisotopic (exact) mass is 372 g/mol. The summed E-state index contributed by atoms with van der Waals surface area (Å²) in [7, 11) is 0. The predicted molar refractivity (Wildman–Crippen MR) is 66.9 cm³/mol. The summed E-state index contributed by atoms with van der Waals surface area (Å²) in [6.07, 6.45) is -10.3. The van der Waals surface area contributed by atoms with E-state index < -0.39 is 52.4 Å². The number of aromatic nitrogens is 3. The lowest BCUT2D eigenvalue weighted by Crippen LogP contribution is -2.17. The van der Waals surface area contributed by atoms with Crippen LogP contribution in [0.2, 0.25) is 0 Å². The van der Waals surface area contributed by atoms with Gasteiger partial charge in [0.2, 0.25) is 0 Å². The van der Waals surface area contributed by atoms with Crippen LogP contribution in [0.4, 0.5) is 36.4 Å². The van der Waals surface area contributed by atoms with E-state index in [0.29, 0.717) is 6.07 Å². The molecule has 0 amide bonds. The number of pyridine rings is 1. The average Bonchev–Trinajstić information content (AvgIpc) is 2.86. The highest BCUT2D eigenvalue weighted by molar-refractivity contribution is 5.36. The molecule has 2 aromatic heterocycles. The van der Waals surface area contributed by atoms with E-state index in [9.17, 15) is 40.8 Å². The first-order valence-electron chi connectivity index (χ1n) is 6.33. The van der Waals surface area contributed by atoms with Gasteiger partial charge in [-0.05, 0) is 6.92 Å². The molecule has 0 aliphatic carbocycles. The fraction of sp³-hybridized carbons (Fsp3) is 0.333. The zero-order valence-electron chi connectivity index (χ0n) is 12.1. The Balaban J connectivity index is 2.52. The zero-order chi connectivity index (χ0) is 19.2. The highest BCUT2D eigenvalue weighted by atomic mass is 19.4. The number of hydrogen-bond acceptors (Lipinski definition) is 4. The fourth-order valence-electron chi connectivity index (χ4n) is 1.96. The largest absolute Gasteiger partial charge is 0.435 e. The summed E-state index contributed by atoms with van der Waals surface area (Å²) in [5, 5.41) is 13.5. The van der Waals surface area contributed by atoms with Gasteiger partial charge in [0.05, 0.1) is 23.2 Å². The maximum atomic E-state index is 13.8. The molecule has 2 aromatic rings. The first kappa shape index (κ1) is 18.6. The SMILES string of the molecule is Cc1nc(Cn2nc(C(F)(F)F)cc2C(F)(F)F)c(F)cc1[N+](=O)[O-]. The third kappa shape index (κ3) is 3.85. The van der Waals surface area contributed by atoms with Gasteiger partial charge in [0.15, 0.2) is 11.5 Å². The Kier molecular flexibility index (Phi) is 4.44. The molecule has 0 fully saturated rings. The van der Waals surface area contributed by atoms with Crippen LogP contribution in [0, 0.1) is 22.9 Å². The normalized spacial score (nSPS) is 12.5. The van der Waals surface area contributed by atoms with E-state index in [1.807, 2.05) is 0 Å². The third-order valence-electron chi connectivity index (χ3n) is 3.07. The number of halogens is 7. The average molecular weight is 372 g/mol. The van der Waals surface area contributed by atoms with Crippen molar-refractivity contribution in [1.82, 2.24) is 14.8 Å². The molecular formula is C12H7F7N4O2. The van der Waals surface area contributed by atoms with Crippen LogP contribution in [-0.2, 0) is 18.9 Å². The van der Waals surface area contributed by atoms with Crippen LogP contribution in [0.5, 0.6) is 0 Å². The molecule has 0 aromatic carbocycles. The van der Waals surface area contributed by atoms with Gasteiger partial charge in [0, 0.05) is 6.07 Å². The molecule has 0 saturated heterocycles. The molecule has 0 spiro atoms. The molecule has 0 bridgehead atoms. The number of hydrogen-bond donors (Lipinski definition) is 0. The Labute approximate surface area is 134 Å². The van der Waals surface area contributed by atoms with Gasteiger partial charge >= 0.3 is 12.4 Å². The lowest BCUT2D eigenvalue weighted by molar-refractivity contribution is -0.385. The highest BCUT2D eigenvalue weighted by Gasteiger charge is 2.42. The molecule has 0 atom stereocenters. The van der Waals surface area contributed by atoms with E-state index in [-0.39, 0.29) is 16.4 Å². The Bertz CT molecular complexity index is 826. The van der Waals surface area contributed by atoms with Gasteiger partial charge in [-0.2, -0.15) is 31.4 Å². The lowest BCUT2D eigenvalue weighted by atomic mass is 10.2. The molecule has 136 valence electrons. The van der Waals surface area contributed by atoms with Crippen LogP contribution in [0.1, 0.15) is 22.8 Å². The van der Waals surface area contributed by atoms with Crippen LogP contribution in [0.25, 0.3) is 0 Å². The van der Waals surface area contributed by atoms with Crippen LogP contribution >= 0.6 is 0 Å². The van der Waals surface area contributed by atoms with Crippen LogP contribution in [0.15, 0.2) is 12.1 Å². The van der Waals surface area contributed by atoms with Crippen molar-refractivity contribution < 1.29 is 35.7 Å². The maximum absolute atomic E-state index is 13.8. The van der Waals surface area contributed by atoms with Crippen LogP contribution < -0.4 is 0 Å². The molecular weight excluding hydrogens is 365 g/mol. The van der Waals surface area contributed by atoms with Crippen molar-refractivity contribution in [1.29, 1.82) is 0 Å². The number of aryl methyl sites for hydroxylation is 1. The number of alkyl halides is 6. The zero-order valence-corrected chi connectivity index (χ0v) is 12.1. The second-order valence-electron chi connectivity index (χ2n) is 4.85. The van der Waals surface area contributed by atoms with Crippen molar-refractivity contribution in [2.45, 2.75) is 25.8 Å². The van der Waals surface area contributed by atoms with E-state index in [4.69, 9.17) is 0 Å². The molecule has 25 heavy (non-hydrogen) atoms. The fourth-order valence-corrected chi connectivity index (χ4v) is 1.96. The van der Waals surface area contributed by atoms with E-state index in [1.54, 1.807) is 0 Å². The summed E-state index contributed by atoms with van der Waals surface area (Å²) in [5.74, 6) is -1.34. The Morgan fingerprint density at radius 3 is 2.24 bits per heavy atom. The summed E-state index contributed by atoms with van der Waals surface area (Å²) >= 11 is 0. The number of nitro groups is 1. The van der Waals surface area contributed by atoms with E-state index >= 15 is 0 Å². The van der Waals surface area contributed by atoms with E-state index in [2.05, 4.69) is 10.1 Å². The standard InChI is InChI=1S/C12H7F7N4O2/c1-5-8(23(24)25)2-6(13)7(20-5)4-22-10(12(17,18)19)3-9(21-22)11(14,15)16/h2-3H,4H2,1H3. The summed E-state index contributed by atoms with van der Waals surface area (Å²) < 4.78 is 90.1. The minimum Gasteiger partial charge on any atom is -0.258 e. The van der Waals surface area contributed by atoms with Crippen molar-refractivity contribution in [2.24, 2.45) is 0 Å². The van der Waals surface area contributed by atoms with Gasteiger partial charge in [0.25, 0.3) is 5.69 Å². The van der Waals surface area contributed by atoms with Gasteiger partial charge in [-0.1, -0.05) is 0 Å².